The van der Waals surface area contributed by atoms with Gasteiger partial charge < -0.3 is 10.1 Å². The van der Waals surface area contributed by atoms with Gasteiger partial charge in [0.05, 0.1) is 23.3 Å². The van der Waals surface area contributed by atoms with E-state index >= 15 is 0 Å². The number of rotatable bonds is 6. The van der Waals surface area contributed by atoms with Crippen molar-refractivity contribution in [3.8, 4) is 0 Å². The summed E-state index contributed by atoms with van der Waals surface area (Å²) in [6.07, 6.45) is 0.726. The standard InChI is InChI=1S/C20H24N2O5S2/c1-4-22-11-10-15-16(12-22)28-19(17(15)20(24)27-3)21-18(23)13-6-8-14(9-7-13)29(25,26)5-2/h6-9H,4-5,10-12H2,1-3H3,(H,21,23). The number of sulfone groups is 1. The number of ether oxygens (including phenoxy) is 1. The Hall–Kier alpha value is -2.23. The lowest BCUT2D eigenvalue weighted by atomic mass is 10.0. The van der Waals surface area contributed by atoms with Crippen LogP contribution in [0.4, 0.5) is 5.00 Å². The van der Waals surface area contributed by atoms with Gasteiger partial charge in [-0.1, -0.05) is 13.8 Å². The summed E-state index contributed by atoms with van der Waals surface area (Å²) in [4.78, 5) is 28.6. The SMILES string of the molecule is CCN1CCc2c(sc(NC(=O)c3ccc(S(=O)(=O)CC)cc3)c2C(=O)OC)C1. The van der Waals surface area contributed by atoms with E-state index in [4.69, 9.17) is 4.74 Å². The lowest BCUT2D eigenvalue weighted by Crippen LogP contribution is -2.29. The number of amides is 1. The van der Waals surface area contributed by atoms with Crippen molar-refractivity contribution < 1.29 is 22.7 Å². The second-order valence-corrected chi connectivity index (χ2v) is 10.1. The Morgan fingerprint density at radius 1 is 1.21 bits per heavy atom. The highest BCUT2D eigenvalue weighted by atomic mass is 32.2. The van der Waals surface area contributed by atoms with Crippen LogP contribution in [-0.2, 0) is 27.5 Å². The van der Waals surface area contributed by atoms with Gasteiger partial charge in [-0.3, -0.25) is 9.69 Å². The van der Waals surface area contributed by atoms with Crippen molar-refractivity contribution >= 4 is 38.1 Å². The molecule has 7 nitrogen and oxygen atoms in total. The molecule has 0 fully saturated rings. The fourth-order valence-corrected chi connectivity index (χ4v) is 5.45. The van der Waals surface area contributed by atoms with E-state index in [9.17, 15) is 18.0 Å². The fraction of sp³-hybridized carbons (Fsp3) is 0.400. The minimum atomic E-state index is -3.33. The molecular formula is C20H24N2O5S2. The molecule has 2 aromatic rings. The first kappa shape index (κ1) is 21.5. The van der Waals surface area contributed by atoms with Crippen molar-refractivity contribution in [2.24, 2.45) is 0 Å². The predicted octanol–water partition coefficient (Wildman–Crippen LogP) is 2.96. The summed E-state index contributed by atoms with van der Waals surface area (Å²) in [7, 11) is -2.00. The average Bonchev–Trinajstić information content (AvgIpc) is 3.09. The molecule has 9 heteroatoms. The number of nitrogens with zero attached hydrogens (tertiary/aromatic N) is 1. The van der Waals surface area contributed by atoms with E-state index in [-0.39, 0.29) is 10.6 Å². The lowest BCUT2D eigenvalue weighted by Gasteiger charge is -2.25. The molecule has 0 radical (unpaired) electrons. The number of esters is 1. The molecule has 156 valence electrons. The highest BCUT2D eigenvalue weighted by Crippen LogP contribution is 2.37. The molecule has 0 saturated carbocycles. The Bertz CT molecular complexity index is 1030. The van der Waals surface area contributed by atoms with Gasteiger partial charge in [-0.2, -0.15) is 0 Å². The zero-order valence-corrected chi connectivity index (χ0v) is 18.3. The smallest absolute Gasteiger partial charge is 0.341 e. The first-order valence-corrected chi connectivity index (χ1v) is 11.9. The zero-order chi connectivity index (χ0) is 21.2. The van der Waals surface area contributed by atoms with Gasteiger partial charge >= 0.3 is 5.97 Å². The van der Waals surface area contributed by atoms with Crippen molar-refractivity contribution in [3.63, 3.8) is 0 Å². The zero-order valence-electron chi connectivity index (χ0n) is 16.6. The molecule has 0 spiro atoms. The minimum Gasteiger partial charge on any atom is -0.465 e. The van der Waals surface area contributed by atoms with Gasteiger partial charge in [0.15, 0.2) is 9.84 Å². The molecule has 0 unspecified atom stereocenters. The van der Waals surface area contributed by atoms with Gasteiger partial charge in [0.25, 0.3) is 5.91 Å². The van der Waals surface area contributed by atoms with Crippen molar-refractivity contribution in [2.45, 2.75) is 31.7 Å². The van der Waals surface area contributed by atoms with Crippen LogP contribution < -0.4 is 5.32 Å². The number of carbonyl (C=O) groups excluding carboxylic acids is 2. The molecule has 1 aliphatic rings. The molecule has 2 heterocycles. The largest absolute Gasteiger partial charge is 0.465 e. The third kappa shape index (κ3) is 4.36. The maximum Gasteiger partial charge on any atom is 0.341 e. The Morgan fingerprint density at radius 2 is 1.90 bits per heavy atom. The Labute approximate surface area is 174 Å². The number of carbonyl (C=O) groups is 2. The molecule has 3 rings (SSSR count). The Morgan fingerprint density at radius 3 is 2.48 bits per heavy atom. The second-order valence-electron chi connectivity index (χ2n) is 6.70. The number of hydrogen-bond acceptors (Lipinski definition) is 7. The van der Waals surface area contributed by atoms with E-state index < -0.39 is 21.7 Å². The quantitative estimate of drug-likeness (QED) is 0.700. The Kier molecular flexibility index (Phi) is 6.40. The summed E-state index contributed by atoms with van der Waals surface area (Å²) < 4.78 is 28.8. The van der Waals surface area contributed by atoms with Crippen LogP contribution in [0.1, 0.15) is 45.0 Å². The molecule has 29 heavy (non-hydrogen) atoms. The maximum absolute atomic E-state index is 12.7. The first-order chi connectivity index (χ1) is 13.8. The van der Waals surface area contributed by atoms with Gasteiger partial charge in [0.2, 0.25) is 0 Å². The monoisotopic (exact) mass is 436 g/mol. The molecule has 1 N–H and O–H groups in total. The van der Waals surface area contributed by atoms with Gasteiger partial charge in [0, 0.05) is 23.5 Å². The van der Waals surface area contributed by atoms with Crippen LogP contribution in [0.15, 0.2) is 29.2 Å². The molecule has 0 aliphatic carbocycles. The van der Waals surface area contributed by atoms with E-state index in [1.54, 1.807) is 6.92 Å². The van der Waals surface area contributed by atoms with Crippen molar-refractivity contribution in [1.82, 2.24) is 4.90 Å². The van der Waals surface area contributed by atoms with Crippen LogP contribution in [0, 0.1) is 0 Å². The Balaban J connectivity index is 1.88. The van der Waals surface area contributed by atoms with Crippen LogP contribution in [0.3, 0.4) is 0 Å². The maximum atomic E-state index is 12.7. The summed E-state index contributed by atoms with van der Waals surface area (Å²) in [5.41, 5.74) is 1.67. The van der Waals surface area contributed by atoms with Crippen molar-refractivity contribution in [3.05, 3.63) is 45.8 Å². The van der Waals surface area contributed by atoms with Crippen LogP contribution in [0.5, 0.6) is 0 Å². The van der Waals surface area contributed by atoms with Crippen LogP contribution in [-0.4, -0.2) is 51.1 Å². The number of benzene rings is 1. The third-order valence-corrected chi connectivity index (χ3v) is 7.94. The molecule has 0 saturated heterocycles. The molecular weight excluding hydrogens is 412 g/mol. The van der Waals surface area contributed by atoms with Crippen molar-refractivity contribution in [2.75, 3.05) is 31.3 Å². The molecule has 1 amide bonds. The third-order valence-electron chi connectivity index (χ3n) is 5.06. The van der Waals surface area contributed by atoms with E-state index in [1.165, 1.54) is 42.7 Å². The summed E-state index contributed by atoms with van der Waals surface area (Å²) in [6, 6.07) is 5.80. The lowest BCUT2D eigenvalue weighted by molar-refractivity contribution is 0.0600. The van der Waals surface area contributed by atoms with Gasteiger partial charge in [-0.25, -0.2) is 13.2 Å². The summed E-state index contributed by atoms with van der Waals surface area (Å²) in [5, 5.41) is 3.28. The molecule has 0 bridgehead atoms. The van der Waals surface area contributed by atoms with Gasteiger partial charge in [-0.05, 0) is 42.8 Å². The molecule has 0 atom stereocenters. The number of methoxy groups -OCH3 is 1. The normalized spacial score (nSPS) is 14.3. The minimum absolute atomic E-state index is 0.00341. The number of likely N-dealkylation sites (N-methyl/N-ethyl adjacent to an activating group) is 1. The van der Waals surface area contributed by atoms with E-state index in [0.717, 1.165) is 36.5 Å². The number of thiophene rings is 1. The number of fused-ring (bicyclic) bond motifs is 1. The fourth-order valence-electron chi connectivity index (χ4n) is 3.29. The van der Waals surface area contributed by atoms with Crippen LogP contribution >= 0.6 is 11.3 Å². The van der Waals surface area contributed by atoms with Crippen LogP contribution in [0.2, 0.25) is 0 Å². The van der Waals surface area contributed by atoms with Crippen molar-refractivity contribution in [1.29, 1.82) is 0 Å². The average molecular weight is 437 g/mol. The topological polar surface area (TPSA) is 92.8 Å². The predicted molar refractivity (Wildman–Crippen MR) is 112 cm³/mol. The van der Waals surface area contributed by atoms with E-state index in [1.807, 2.05) is 0 Å². The molecule has 1 aromatic carbocycles. The van der Waals surface area contributed by atoms with Gasteiger partial charge in [0.1, 0.15) is 5.00 Å². The molecule has 1 aromatic heterocycles. The van der Waals surface area contributed by atoms with E-state index in [0.29, 0.717) is 16.1 Å². The van der Waals surface area contributed by atoms with Gasteiger partial charge in [-0.15, -0.1) is 11.3 Å². The highest BCUT2D eigenvalue weighted by molar-refractivity contribution is 7.91. The number of anilines is 1. The summed E-state index contributed by atoms with van der Waals surface area (Å²) in [5.74, 6) is -0.870. The highest BCUT2D eigenvalue weighted by Gasteiger charge is 2.29. The summed E-state index contributed by atoms with van der Waals surface area (Å²) >= 11 is 1.39. The molecule has 1 aliphatic heterocycles. The second kappa shape index (κ2) is 8.64. The number of nitrogens with one attached hydrogen (secondary N) is 1. The van der Waals surface area contributed by atoms with Crippen LogP contribution in [0.25, 0.3) is 0 Å². The first-order valence-electron chi connectivity index (χ1n) is 9.40. The van der Waals surface area contributed by atoms with E-state index in [2.05, 4.69) is 17.1 Å². The summed E-state index contributed by atoms with van der Waals surface area (Å²) in [6.45, 7) is 6.16. The number of hydrogen-bond donors (Lipinski definition) is 1.